The van der Waals surface area contributed by atoms with Gasteiger partial charge in [-0.25, -0.2) is 9.37 Å². The smallest absolute Gasteiger partial charge is 0.298 e. The molecule has 20 heavy (non-hydrogen) atoms. The maximum absolute atomic E-state index is 13.6. The lowest BCUT2D eigenvalue weighted by molar-refractivity contribution is -0.384. The first-order chi connectivity index (χ1) is 9.56. The van der Waals surface area contributed by atoms with E-state index in [9.17, 15) is 14.5 Å². The van der Waals surface area contributed by atoms with Crippen LogP contribution in [0.5, 0.6) is 0 Å². The minimum atomic E-state index is -0.595. The van der Waals surface area contributed by atoms with Crippen LogP contribution in [0.4, 0.5) is 10.1 Å². The Balaban J connectivity index is 2.27. The highest BCUT2D eigenvalue weighted by atomic mass is 35.5. The van der Waals surface area contributed by atoms with E-state index in [0.717, 1.165) is 0 Å². The number of nitrogens with zero attached hydrogens (tertiary/aromatic N) is 2. The highest BCUT2D eigenvalue weighted by molar-refractivity contribution is 6.29. The molecule has 0 spiro atoms. The molecule has 7 heteroatoms. The van der Waals surface area contributed by atoms with E-state index in [1.165, 1.54) is 30.3 Å². The molecule has 0 fully saturated rings. The van der Waals surface area contributed by atoms with Gasteiger partial charge in [0.1, 0.15) is 5.15 Å². The van der Waals surface area contributed by atoms with Crippen LogP contribution >= 0.6 is 11.6 Å². The number of benzene rings is 1. The number of aromatic nitrogens is 1. The molecule has 1 aromatic carbocycles. The van der Waals surface area contributed by atoms with Crippen molar-refractivity contribution in [2.24, 2.45) is 0 Å². The second-order valence-electron chi connectivity index (χ2n) is 4.03. The summed E-state index contributed by atoms with van der Waals surface area (Å²) in [5, 5.41) is 11.6. The van der Waals surface area contributed by atoms with Gasteiger partial charge in [0.15, 0.2) is 22.9 Å². The van der Waals surface area contributed by atoms with E-state index in [1.54, 1.807) is 6.07 Å². The van der Waals surface area contributed by atoms with Crippen molar-refractivity contribution in [3.63, 3.8) is 0 Å². The van der Waals surface area contributed by atoms with Gasteiger partial charge in [0, 0.05) is 11.5 Å². The minimum Gasteiger partial charge on any atom is -0.451 e. The second-order valence-corrected chi connectivity index (χ2v) is 4.41. The molecule has 5 nitrogen and oxygen atoms in total. The Bertz CT molecular complexity index is 832. The van der Waals surface area contributed by atoms with Crippen LogP contribution in [0, 0.1) is 15.9 Å². The van der Waals surface area contributed by atoms with Gasteiger partial charge in [-0.3, -0.25) is 10.1 Å². The fourth-order valence-corrected chi connectivity index (χ4v) is 2.05. The molecular weight excluding hydrogens is 287 g/mol. The summed E-state index contributed by atoms with van der Waals surface area (Å²) in [5.41, 5.74) is -0.259. The van der Waals surface area contributed by atoms with E-state index >= 15 is 0 Å². The first-order valence-corrected chi connectivity index (χ1v) is 5.93. The SMILES string of the molecule is O=[N+]([O-])c1ccc(Cl)nc1-c1cc2cccc(F)c2o1. The fraction of sp³-hybridized carbons (Fsp3) is 0. The third-order valence-corrected chi connectivity index (χ3v) is 2.98. The van der Waals surface area contributed by atoms with E-state index < -0.39 is 10.7 Å². The third-order valence-electron chi connectivity index (χ3n) is 2.77. The predicted octanol–water partition coefficient (Wildman–Crippen LogP) is 4.20. The van der Waals surface area contributed by atoms with Crippen LogP contribution in [0.2, 0.25) is 5.15 Å². The highest BCUT2D eigenvalue weighted by Crippen LogP contribution is 2.34. The van der Waals surface area contributed by atoms with Crippen LogP contribution in [-0.2, 0) is 0 Å². The molecule has 0 radical (unpaired) electrons. The van der Waals surface area contributed by atoms with Crippen LogP contribution < -0.4 is 0 Å². The quantitative estimate of drug-likeness (QED) is 0.403. The molecule has 100 valence electrons. The van der Waals surface area contributed by atoms with Crippen molar-refractivity contribution in [3.05, 3.63) is 57.5 Å². The molecular formula is C13H6ClFN2O3. The van der Waals surface area contributed by atoms with Crippen molar-refractivity contribution in [1.29, 1.82) is 0 Å². The lowest BCUT2D eigenvalue weighted by Gasteiger charge is -1.99. The lowest BCUT2D eigenvalue weighted by Crippen LogP contribution is -1.94. The first-order valence-electron chi connectivity index (χ1n) is 5.55. The number of furan rings is 1. The molecule has 0 aliphatic carbocycles. The Hall–Kier alpha value is -2.47. The van der Waals surface area contributed by atoms with E-state index in [0.29, 0.717) is 5.39 Å². The summed E-state index contributed by atoms with van der Waals surface area (Å²) < 4.78 is 18.9. The second kappa shape index (κ2) is 4.57. The topological polar surface area (TPSA) is 69.2 Å². The van der Waals surface area contributed by atoms with Crippen LogP contribution in [-0.4, -0.2) is 9.91 Å². The number of fused-ring (bicyclic) bond motifs is 1. The summed E-state index contributed by atoms with van der Waals surface area (Å²) in [6.45, 7) is 0. The van der Waals surface area contributed by atoms with Crippen molar-refractivity contribution in [1.82, 2.24) is 4.98 Å². The van der Waals surface area contributed by atoms with E-state index in [-0.39, 0.29) is 27.9 Å². The summed E-state index contributed by atoms with van der Waals surface area (Å²) >= 11 is 5.75. The number of pyridine rings is 1. The Morgan fingerprint density at radius 3 is 2.80 bits per heavy atom. The fourth-order valence-electron chi connectivity index (χ4n) is 1.90. The highest BCUT2D eigenvalue weighted by Gasteiger charge is 2.21. The first kappa shape index (κ1) is 12.6. The molecule has 0 saturated carbocycles. The van der Waals surface area contributed by atoms with Crippen LogP contribution in [0.1, 0.15) is 0 Å². The maximum atomic E-state index is 13.6. The monoisotopic (exact) mass is 292 g/mol. The molecule has 2 aromatic heterocycles. The Morgan fingerprint density at radius 1 is 1.30 bits per heavy atom. The zero-order valence-corrected chi connectivity index (χ0v) is 10.6. The van der Waals surface area contributed by atoms with E-state index in [2.05, 4.69) is 4.98 Å². The number of para-hydroxylation sites is 1. The van der Waals surface area contributed by atoms with Gasteiger partial charge in [0.25, 0.3) is 5.69 Å². The molecule has 3 rings (SSSR count). The molecule has 0 unspecified atom stereocenters. The average Bonchev–Trinajstić information content (AvgIpc) is 2.83. The molecule has 0 bridgehead atoms. The number of rotatable bonds is 2. The Morgan fingerprint density at radius 2 is 2.10 bits per heavy atom. The molecule has 0 saturated heterocycles. The van der Waals surface area contributed by atoms with Gasteiger partial charge < -0.3 is 4.42 Å². The maximum Gasteiger partial charge on any atom is 0.298 e. The van der Waals surface area contributed by atoms with E-state index in [4.69, 9.17) is 16.0 Å². The van der Waals surface area contributed by atoms with Crippen molar-refractivity contribution in [2.45, 2.75) is 0 Å². The van der Waals surface area contributed by atoms with Crippen molar-refractivity contribution < 1.29 is 13.7 Å². The summed E-state index contributed by atoms with van der Waals surface area (Å²) in [7, 11) is 0. The van der Waals surface area contributed by atoms with Gasteiger partial charge in [-0.15, -0.1) is 0 Å². The van der Waals surface area contributed by atoms with Gasteiger partial charge >= 0.3 is 0 Å². The minimum absolute atomic E-state index is 0.0265. The van der Waals surface area contributed by atoms with Crippen LogP contribution in [0.3, 0.4) is 0 Å². The zero-order valence-electron chi connectivity index (χ0n) is 9.84. The van der Waals surface area contributed by atoms with Crippen molar-refractivity contribution in [2.75, 3.05) is 0 Å². The van der Waals surface area contributed by atoms with Crippen molar-refractivity contribution >= 4 is 28.3 Å². The molecule has 0 N–H and O–H groups in total. The summed E-state index contributed by atoms with van der Waals surface area (Å²) in [6.07, 6.45) is 0. The van der Waals surface area contributed by atoms with Crippen LogP contribution in [0.25, 0.3) is 22.4 Å². The molecule has 0 amide bonds. The largest absolute Gasteiger partial charge is 0.451 e. The van der Waals surface area contributed by atoms with Gasteiger partial charge in [-0.2, -0.15) is 0 Å². The number of nitro groups is 1. The van der Waals surface area contributed by atoms with Gasteiger partial charge in [0.05, 0.1) is 4.92 Å². The molecule has 0 aliphatic heterocycles. The van der Waals surface area contributed by atoms with Gasteiger partial charge in [0.2, 0.25) is 0 Å². The molecule has 0 atom stereocenters. The van der Waals surface area contributed by atoms with Gasteiger partial charge in [-0.05, 0) is 18.2 Å². The van der Waals surface area contributed by atoms with Crippen molar-refractivity contribution in [3.8, 4) is 11.5 Å². The summed E-state index contributed by atoms with van der Waals surface area (Å²) in [6, 6.07) is 8.44. The zero-order chi connectivity index (χ0) is 14.3. The Kier molecular flexibility index (Phi) is 2.87. The normalized spacial score (nSPS) is 10.9. The van der Waals surface area contributed by atoms with Crippen LogP contribution in [0.15, 0.2) is 40.8 Å². The summed E-state index contributed by atoms with van der Waals surface area (Å²) in [4.78, 5) is 14.3. The van der Waals surface area contributed by atoms with Gasteiger partial charge in [-0.1, -0.05) is 23.7 Å². The average molecular weight is 293 g/mol. The number of halogens is 2. The number of hydrogen-bond donors (Lipinski definition) is 0. The third kappa shape index (κ3) is 2.00. The molecule has 3 aromatic rings. The molecule has 2 heterocycles. The predicted molar refractivity (Wildman–Crippen MR) is 71.1 cm³/mol. The Labute approximate surface area is 116 Å². The molecule has 0 aliphatic rings. The van der Waals surface area contributed by atoms with E-state index in [1.807, 2.05) is 0 Å². The number of hydrogen-bond acceptors (Lipinski definition) is 4. The lowest BCUT2D eigenvalue weighted by atomic mass is 10.2. The summed E-state index contributed by atoms with van der Waals surface area (Å²) in [5.74, 6) is -0.447. The standard InChI is InChI=1S/C13H6ClFN2O3/c14-11-5-4-9(17(18)19)12(16-11)10-6-7-2-1-3-8(15)13(7)20-10/h1-6H.